The summed E-state index contributed by atoms with van der Waals surface area (Å²) in [5.41, 5.74) is 1.11. The van der Waals surface area contributed by atoms with Gasteiger partial charge in [-0.1, -0.05) is 34.2 Å². The van der Waals surface area contributed by atoms with Crippen LogP contribution in [0.5, 0.6) is 0 Å². The van der Waals surface area contributed by atoms with Gasteiger partial charge in [0.2, 0.25) is 0 Å². The first-order valence-electron chi connectivity index (χ1n) is 2.33. The third-order valence-corrected chi connectivity index (χ3v) is 2.89. The Morgan fingerprint density at radius 1 is 1.78 bits per heavy atom. The van der Waals surface area contributed by atoms with E-state index in [1.807, 2.05) is 20.9 Å². The van der Waals surface area contributed by atoms with Crippen molar-refractivity contribution >= 4 is 50.6 Å². The fourth-order valence-electron chi connectivity index (χ4n) is 0.463. The molecule has 0 bridgehead atoms. The van der Waals surface area contributed by atoms with E-state index in [9.17, 15) is 0 Å². The van der Waals surface area contributed by atoms with Gasteiger partial charge in [0.15, 0.2) is 0 Å². The van der Waals surface area contributed by atoms with E-state index in [1.54, 1.807) is 11.3 Å². The van der Waals surface area contributed by atoms with Crippen molar-refractivity contribution in [2.24, 2.45) is 0 Å². The first kappa shape index (κ1) is 7.57. The van der Waals surface area contributed by atoms with E-state index >= 15 is 0 Å². The van der Waals surface area contributed by atoms with Crippen molar-refractivity contribution in [3.05, 3.63) is 26.5 Å². The Labute approximate surface area is 76.7 Å². The van der Waals surface area contributed by atoms with Gasteiger partial charge in [0.1, 0.15) is 0 Å². The molecule has 0 saturated heterocycles. The van der Waals surface area contributed by atoms with E-state index in [2.05, 4.69) is 22.6 Å². The van der Waals surface area contributed by atoms with Crippen molar-refractivity contribution in [3.63, 3.8) is 0 Å². The highest BCUT2D eigenvalue weighted by Gasteiger charge is 1.94. The third-order valence-electron chi connectivity index (χ3n) is 0.893. The monoisotopic (exact) mass is 270 g/mol. The highest BCUT2D eigenvalue weighted by molar-refractivity contribution is 14.1. The molecule has 48 valence electrons. The topological polar surface area (TPSA) is 0 Å². The maximum atomic E-state index is 5.79. The standard InChI is InChI=1S/C6H4ClIS/c7-6(3-8)5-1-2-9-4-5/h1-4H. The maximum Gasteiger partial charge on any atom is 0.0547 e. The van der Waals surface area contributed by atoms with Gasteiger partial charge in [-0.3, -0.25) is 0 Å². The third kappa shape index (κ3) is 1.95. The molecule has 0 aliphatic heterocycles. The van der Waals surface area contributed by atoms with Crippen LogP contribution >= 0.6 is 45.5 Å². The molecule has 0 spiro atoms. The molecular weight excluding hydrogens is 266 g/mol. The fourth-order valence-corrected chi connectivity index (χ4v) is 1.66. The average molecular weight is 271 g/mol. The minimum absolute atomic E-state index is 0.817. The zero-order chi connectivity index (χ0) is 6.69. The summed E-state index contributed by atoms with van der Waals surface area (Å²) < 4.78 is 1.86. The van der Waals surface area contributed by atoms with E-state index < -0.39 is 0 Å². The maximum absolute atomic E-state index is 5.79. The summed E-state index contributed by atoms with van der Waals surface area (Å²) >= 11 is 9.57. The van der Waals surface area contributed by atoms with Crippen LogP contribution in [0.15, 0.2) is 20.9 Å². The molecule has 1 rings (SSSR count). The highest BCUT2D eigenvalue weighted by atomic mass is 127. The summed E-state index contributed by atoms with van der Waals surface area (Å²) in [7, 11) is 0. The molecule has 0 amide bonds. The number of hydrogen-bond donors (Lipinski definition) is 0. The average Bonchev–Trinajstić information content (AvgIpc) is 2.37. The van der Waals surface area contributed by atoms with Gasteiger partial charge < -0.3 is 0 Å². The van der Waals surface area contributed by atoms with Crippen LogP contribution in [-0.4, -0.2) is 0 Å². The molecule has 0 nitrogen and oxygen atoms in total. The lowest BCUT2D eigenvalue weighted by Crippen LogP contribution is -1.63. The molecular formula is C6H4ClIS. The smallest absolute Gasteiger partial charge is 0.0547 e. The molecule has 0 saturated carbocycles. The van der Waals surface area contributed by atoms with Crippen molar-refractivity contribution in [2.75, 3.05) is 0 Å². The molecule has 1 aromatic rings. The second-order valence-corrected chi connectivity index (χ2v) is 3.28. The van der Waals surface area contributed by atoms with E-state index in [0.717, 1.165) is 10.6 Å². The van der Waals surface area contributed by atoms with E-state index in [1.165, 1.54) is 0 Å². The van der Waals surface area contributed by atoms with Crippen molar-refractivity contribution < 1.29 is 0 Å². The normalized spacial score (nSPS) is 12.0. The molecule has 0 radical (unpaired) electrons. The Bertz CT molecular complexity index is 203. The van der Waals surface area contributed by atoms with E-state index in [0.29, 0.717) is 0 Å². The predicted molar refractivity (Wildman–Crippen MR) is 52.2 cm³/mol. The van der Waals surface area contributed by atoms with Gasteiger partial charge in [0, 0.05) is 5.56 Å². The Kier molecular flexibility index (Phi) is 3.01. The molecule has 1 heterocycles. The summed E-state index contributed by atoms with van der Waals surface area (Å²) in [5, 5.41) is 4.85. The van der Waals surface area contributed by atoms with Gasteiger partial charge in [-0.05, 0) is 20.9 Å². The zero-order valence-corrected chi connectivity index (χ0v) is 8.20. The Hall–Kier alpha value is 0.460. The summed E-state index contributed by atoms with van der Waals surface area (Å²) in [4.78, 5) is 0. The van der Waals surface area contributed by atoms with E-state index in [-0.39, 0.29) is 0 Å². The molecule has 0 N–H and O–H groups in total. The van der Waals surface area contributed by atoms with E-state index in [4.69, 9.17) is 11.6 Å². The second kappa shape index (κ2) is 3.58. The Morgan fingerprint density at radius 3 is 3.00 bits per heavy atom. The molecule has 0 aliphatic rings. The molecule has 1 aromatic heterocycles. The number of rotatable bonds is 1. The van der Waals surface area contributed by atoms with Gasteiger partial charge >= 0.3 is 0 Å². The van der Waals surface area contributed by atoms with Crippen LogP contribution in [0.4, 0.5) is 0 Å². The Morgan fingerprint density at radius 2 is 2.56 bits per heavy atom. The largest absolute Gasteiger partial charge is 0.152 e. The predicted octanol–water partition coefficient (Wildman–Crippen LogP) is 3.72. The van der Waals surface area contributed by atoms with Crippen LogP contribution in [0.25, 0.3) is 5.03 Å². The summed E-state index contributed by atoms with van der Waals surface area (Å²) in [6, 6.07) is 2.00. The van der Waals surface area contributed by atoms with Crippen molar-refractivity contribution in [3.8, 4) is 0 Å². The van der Waals surface area contributed by atoms with Gasteiger partial charge in [0.25, 0.3) is 0 Å². The van der Waals surface area contributed by atoms with Crippen LogP contribution in [0.1, 0.15) is 5.56 Å². The van der Waals surface area contributed by atoms with Crippen LogP contribution in [0.3, 0.4) is 0 Å². The molecule has 3 heteroatoms. The van der Waals surface area contributed by atoms with Gasteiger partial charge in [-0.25, -0.2) is 0 Å². The fraction of sp³-hybridized carbons (Fsp3) is 0. The van der Waals surface area contributed by atoms with Gasteiger partial charge in [0.05, 0.1) is 5.03 Å². The number of halogens is 2. The first-order valence-corrected chi connectivity index (χ1v) is 4.89. The minimum Gasteiger partial charge on any atom is -0.152 e. The number of thiophene rings is 1. The van der Waals surface area contributed by atoms with Crippen LogP contribution in [0, 0.1) is 0 Å². The summed E-state index contributed by atoms with van der Waals surface area (Å²) in [6.07, 6.45) is 0. The lowest BCUT2D eigenvalue weighted by Gasteiger charge is -1.86. The van der Waals surface area contributed by atoms with Gasteiger partial charge in [-0.2, -0.15) is 11.3 Å². The van der Waals surface area contributed by atoms with Crippen LogP contribution in [-0.2, 0) is 0 Å². The summed E-state index contributed by atoms with van der Waals surface area (Å²) in [6.45, 7) is 0. The Balaban J connectivity index is 2.90. The SMILES string of the molecule is ClC(=CI)c1ccsc1. The van der Waals surface area contributed by atoms with Crippen molar-refractivity contribution in [1.29, 1.82) is 0 Å². The molecule has 0 unspecified atom stereocenters. The zero-order valence-electron chi connectivity index (χ0n) is 4.47. The number of hydrogen-bond acceptors (Lipinski definition) is 1. The van der Waals surface area contributed by atoms with Gasteiger partial charge in [-0.15, -0.1) is 0 Å². The molecule has 0 fully saturated rings. The second-order valence-electron chi connectivity index (χ2n) is 1.47. The quantitative estimate of drug-likeness (QED) is 0.682. The highest BCUT2D eigenvalue weighted by Crippen LogP contribution is 2.22. The van der Waals surface area contributed by atoms with Crippen LogP contribution in [0.2, 0.25) is 0 Å². The molecule has 0 atom stereocenters. The first-order chi connectivity index (χ1) is 4.34. The van der Waals surface area contributed by atoms with Crippen LogP contribution < -0.4 is 0 Å². The van der Waals surface area contributed by atoms with Crippen molar-refractivity contribution in [1.82, 2.24) is 0 Å². The lowest BCUT2D eigenvalue weighted by molar-refractivity contribution is 1.87. The summed E-state index contributed by atoms with van der Waals surface area (Å²) in [5.74, 6) is 0. The van der Waals surface area contributed by atoms with Crippen molar-refractivity contribution in [2.45, 2.75) is 0 Å². The lowest BCUT2D eigenvalue weighted by atomic mass is 10.3. The molecule has 9 heavy (non-hydrogen) atoms. The minimum atomic E-state index is 0.817. The molecule has 0 aromatic carbocycles. The molecule has 0 aliphatic carbocycles.